The highest BCUT2D eigenvalue weighted by Gasteiger charge is 2.24. The summed E-state index contributed by atoms with van der Waals surface area (Å²) in [5, 5.41) is 21.2. The number of fused-ring (bicyclic) bond motifs is 1. The molecule has 3 aromatic rings. The Kier molecular flexibility index (Phi) is 5.65. The van der Waals surface area contributed by atoms with Crippen molar-refractivity contribution in [2.24, 2.45) is 0 Å². The molecule has 2 aromatic carbocycles. The highest BCUT2D eigenvalue weighted by atomic mass is 16.3. The van der Waals surface area contributed by atoms with E-state index < -0.39 is 5.60 Å². The lowest BCUT2D eigenvalue weighted by Crippen LogP contribution is -2.48. The normalized spacial score (nSPS) is 17.1. The number of piperazine rings is 1. The van der Waals surface area contributed by atoms with Crippen LogP contribution in [0.4, 0.5) is 5.82 Å². The van der Waals surface area contributed by atoms with Crippen molar-refractivity contribution in [3.05, 3.63) is 48.5 Å². The van der Waals surface area contributed by atoms with Gasteiger partial charge in [-0.15, -0.1) is 0 Å². The molecular weight excluding hydrogens is 380 g/mol. The van der Waals surface area contributed by atoms with Gasteiger partial charge in [-0.3, -0.25) is 4.90 Å². The Balaban J connectivity index is 1.59. The summed E-state index contributed by atoms with van der Waals surface area (Å²) < 4.78 is 0. The maximum Gasteiger partial charge on any atom is 0.165 e. The summed E-state index contributed by atoms with van der Waals surface area (Å²) in [6.07, 6.45) is 1.03. The standard InChI is InChI=1S/C23H26N4O3/c1-23(30,16-28)10-11-26-12-14-27(15-13-26)22-17-6-2-4-8-19(17)24-21(25-22)18-7-3-5-9-20(18)29/h2-9,16,29-30H,10-15H2,1H3. The molecule has 0 spiro atoms. The lowest BCUT2D eigenvalue weighted by Gasteiger charge is -2.36. The first-order chi connectivity index (χ1) is 14.5. The predicted molar refractivity (Wildman–Crippen MR) is 117 cm³/mol. The molecule has 2 heterocycles. The fourth-order valence-corrected chi connectivity index (χ4v) is 3.71. The highest BCUT2D eigenvalue weighted by molar-refractivity contribution is 5.91. The molecule has 1 aliphatic heterocycles. The quantitative estimate of drug-likeness (QED) is 0.608. The second-order valence-corrected chi connectivity index (χ2v) is 7.96. The van der Waals surface area contributed by atoms with Crippen LogP contribution in [0.1, 0.15) is 13.3 Å². The first kappa shape index (κ1) is 20.3. The highest BCUT2D eigenvalue weighted by Crippen LogP contribution is 2.31. The Morgan fingerprint density at radius 1 is 1.03 bits per heavy atom. The molecule has 30 heavy (non-hydrogen) atoms. The third-order valence-corrected chi connectivity index (χ3v) is 5.59. The molecule has 1 atom stereocenters. The zero-order valence-corrected chi connectivity index (χ0v) is 17.0. The van der Waals surface area contributed by atoms with E-state index in [1.165, 1.54) is 0 Å². The molecule has 2 N–H and O–H groups in total. The van der Waals surface area contributed by atoms with Gasteiger partial charge in [0, 0.05) is 38.1 Å². The SMILES string of the molecule is CC(O)(C=O)CCN1CCN(c2nc(-c3ccccc3O)nc3ccccc23)CC1. The molecule has 0 bridgehead atoms. The molecule has 0 saturated carbocycles. The third-order valence-electron chi connectivity index (χ3n) is 5.59. The minimum atomic E-state index is -1.27. The molecule has 7 nitrogen and oxygen atoms in total. The van der Waals surface area contributed by atoms with Crippen LogP contribution < -0.4 is 4.90 Å². The van der Waals surface area contributed by atoms with Gasteiger partial charge < -0.3 is 19.9 Å². The van der Waals surface area contributed by atoms with Crippen LogP contribution >= 0.6 is 0 Å². The number of phenolic OH excluding ortho intramolecular Hbond substituents is 1. The topological polar surface area (TPSA) is 89.8 Å². The van der Waals surface area contributed by atoms with Crippen molar-refractivity contribution in [3.8, 4) is 17.1 Å². The van der Waals surface area contributed by atoms with Gasteiger partial charge in [0.25, 0.3) is 0 Å². The van der Waals surface area contributed by atoms with Gasteiger partial charge in [-0.1, -0.05) is 24.3 Å². The number of rotatable bonds is 6. The molecular formula is C23H26N4O3. The third kappa shape index (κ3) is 4.27. The first-order valence-electron chi connectivity index (χ1n) is 10.2. The van der Waals surface area contributed by atoms with Gasteiger partial charge in [-0.2, -0.15) is 0 Å². The van der Waals surface area contributed by atoms with E-state index in [-0.39, 0.29) is 5.75 Å². The van der Waals surface area contributed by atoms with E-state index in [9.17, 15) is 15.0 Å². The number of benzene rings is 2. The largest absolute Gasteiger partial charge is 0.507 e. The Hall–Kier alpha value is -3.03. The molecule has 1 unspecified atom stereocenters. The number of para-hydroxylation sites is 2. The fraction of sp³-hybridized carbons (Fsp3) is 0.348. The summed E-state index contributed by atoms with van der Waals surface area (Å²) in [6.45, 7) is 5.42. The lowest BCUT2D eigenvalue weighted by atomic mass is 10.0. The van der Waals surface area contributed by atoms with Crippen LogP contribution in [-0.2, 0) is 4.79 Å². The van der Waals surface area contributed by atoms with E-state index >= 15 is 0 Å². The smallest absolute Gasteiger partial charge is 0.165 e. The molecule has 1 aliphatic rings. The van der Waals surface area contributed by atoms with Crippen LogP contribution in [0.5, 0.6) is 5.75 Å². The molecule has 0 radical (unpaired) electrons. The maximum absolute atomic E-state index is 10.9. The van der Waals surface area contributed by atoms with Crippen molar-refractivity contribution in [1.82, 2.24) is 14.9 Å². The average molecular weight is 406 g/mol. The van der Waals surface area contributed by atoms with Gasteiger partial charge in [-0.05, 0) is 37.6 Å². The molecule has 1 fully saturated rings. The number of anilines is 1. The number of aromatic hydroxyl groups is 1. The summed E-state index contributed by atoms with van der Waals surface area (Å²) in [5.74, 6) is 1.52. The Morgan fingerprint density at radius 3 is 2.47 bits per heavy atom. The van der Waals surface area contributed by atoms with Crippen LogP contribution in [0.3, 0.4) is 0 Å². The van der Waals surface area contributed by atoms with Crippen molar-refractivity contribution in [3.63, 3.8) is 0 Å². The minimum absolute atomic E-state index is 0.158. The van der Waals surface area contributed by atoms with Crippen LogP contribution in [0.25, 0.3) is 22.3 Å². The number of phenols is 1. The molecule has 7 heteroatoms. The van der Waals surface area contributed by atoms with E-state index in [1.807, 2.05) is 36.4 Å². The van der Waals surface area contributed by atoms with Gasteiger partial charge in [0.15, 0.2) is 12.1 Å². The van der Waals surface area contributed by atoms with Crippen LogP contribution in [0, 0.1) is 0 Å². The Bertz CT molecular complexity index is 1050. The van der Waals surface area contributed by atoms with E-state index in [1.54, 1.807) is 19.1 Å². The number of carbonyl (C=O) groups excluding carboxylic acids is 1. The molecule has 156 valence electrons. The zero-order chi connectivity index (χ0) is 21.1. The second kappa shape index (κ2) is 8.38. The van der Waals surface area contributed by atoms with Gasteiger partial charge in [0.1, 0.15) is 17.2 Å². The van der Waals surface area contributed by atoms with Crippen molar-refractivity contribution in [2.75, 3.05) is 37.6 Å². The molecule has 0 amide bonds. The number of hydrogen-bond acceptors (Lipinski definition) is 7. The summed E-state index contributed by atoms with van der Waals surface area (Å²) in [4.78, 5) is 24.9. The van der Waals surface area contributed by atoms with E-state index in [4.69, 9.17) is 4.98 Å². The van der Waals surface area contributed by atoms with Crippen molar-refractivity contribution >= 4 is 23.0 Å². The van der Waals surface area contributed by atoms with Crippen molar-refractivity contribution < 1.29 is 15.0 Å². The zero-order valence-electron chi connectivity index (χ0n) is 17.0. The lowest BCUT2D eigenvalue weighted by molar-refractivity contribution is -0.123. The van der Waals surface area contributed by atoms with Crippen LogP contribution in [0.15, 0.2) is 48.5 Å². The maximum atomic E-state index is 10.9. The van der Waals surface area contributed by atoms with Crippen LogP contribution in [0.2, 0.25) is 0 Å². The summed E-state index contributed by atoms with van der Waals surface area (Å²) in [6, 6.07) is 15.0. The Morgan fingerprint density at radius 2 is 1.73 bits per heavy atom. The number of nitrogens with zero attached hydrogens (tertiary/aromatic N) is 4. The minimum Gasteiger partial charge on any atom is -0.507 e. The summed E-state index contributed by atoms with van der Waals surface area (Å²) in [7, 11) is 0. The van der Waals surface area contributed by atoms with Crippen molar-refractivity contribution in [2.45, 2.75) is 18.9 Å². The monoisotopic (exact) mass is 406 g/mol. The van der Waals surface area contributed by atoms with E-state index in [0.717, 1.165) is 42.9 Å². The Labute approximate surface area is 175 Å². The second-order valence-electron chi connectivity index (χ2n) is 7.96. The van der Waals surface area contributed by atoms with Crippen LogP contribution in [-0.4, -0.2) is 69.7 Å². The summed E-state index contributed by atoms with van der Waals surface area (Å²) >= 11 is 0. The van der Waals surface area contributed by atoms with Gasteiger partial charge >= 0.3 is 0 Å². The predicted octanol–water partition coefficient (Wildman–Crippen LogP) is 2.46. The molecule has 0 aliphatic carbocycles. The van der Waals surface area contributed by atoms with Crippen molar-refractivity contribution in [1.29, 1.82) is 0 Å². The molecule has 1 saturated heterocycles. The van der Waals surface area contributed by atoms with Gasteiger partial charge in [0.2, 0.25) is 0 Å². The number of aliphatic hydroxyl groups is 1. The van der Waals surface area contributed by atoms with Gasteiger partial charge in [0.05, 0.1) is 11.1 Å². The van der Waals surface area contributed by atoms with Gasteiger partial charge in [-0.25, -0.2) is 9.97 Å². The number of hydrogen-bond donors (Lipinski definition) is 2. The number of carbonyl (C=O) groups is 1. The number of aromatic nitrogens is 2. The average Bonchev–Trinajstić information content (AvgIpc) is 2.78. The summed E-state index contributed by atoms with van der Waals surface area (Å²) in [5.41, 5.74) is 0.177. The number of aldehydes is 1. The van der Waals surface area contributed by atoms with E-state index in [2.05, 4.69) is 14.8 Å². The first-order valence-corrected chi connectivity index (χ1v) is 10.2. The molecule has 1 aromatic heterocycles. The van der Waals surface area contributed by atoms with E-state index in [0.29, 0.717) is 30.6 Å². The molecule has 4 rings (SSSR count). The fourth-order valence-electron chi connectivity index (χ4n) is 3.71.